The predicted molar refractivity (Wildman–Crippen MR) is 45.5 cm³/mol. The highest BCUT2D eigenvalue weighted by Crippen LogP contribution is 2.22. The van der Waals surface area contributed by atoms with Crippen LogP contribution in [0.2, 0.25) is 0 Å². The maximum Gasteiger partial charge on any atom is 0.303 e. The first-order chi connectivity index (χ1) is 6.97. The fourth-order valence-corrected chi connectivity index (χ4v) is 1.40. The van der Waals surface area contributed by atoms with Crippen LogP contribution >= 0.6 is 0 Å². The van der Waals surface area contributed by atoms with E-state index in [1.165, 1.54) is 0 Å². The third kappa shape index (κ3) is 2.64. The van der Waals surface area contributed by atoms with E-state index in [1.807, 2.05) is 0 Å². The van der Waals surface area contributed by atoms with E-state index in [0.717, 1.165) is 6.92 Å². The molecule has 1 aliphatic rings. The Balaban J connectivity index is 2.74. The zero-order valence-electron chi connectivity index (χ0n) is 8.11. The fourth-order valence-electron chi connectivity index (χ4n) is 1.40. The van der Waals surface area contributed by atoms with Gasteiger partial charge in [-0.3, -0.25) is 4.79 Å². The number of hydrogen-bond donors (Lipinski definition) is 4. The van der Waals surface area contributed by atoms with Gasteiger partial charge in [-0.15, -0.1) is 0 Å². The van der Waals surface area contributed by atoms with Crippen LogP contribution in [0, 0.1) is 0 Å². The molecule has 0 radical (unpaired) electrons. The summed E-state index contributed by atoms with van der Waals surface area (Å²) in [4.78, 5) is 10.7. The van der Waals surface area contributed by atoms with Crippen molar-refractivity contribution in [3.63, 3.8) is 0 Å². The lowest BCUT2D eigenvalue weighted by molar-refractivity contribution is -0.289. The summed E-state index contributed by atoms with van der Waals surface area (Å²) in [7, 11) is 0. The van der Waals surface area contributed by atoms with Gasteiger partial charge in [0.25, 0.3) is 0 Å². The van der Waals surface area contributed by atoms with E-state index in [9.17, 15) is 20.1 Å². The summed E-state index contributed by atoms with van der Waals surface area (Å²) >= 11 is 0. The first-order valence-corrected chi connectivity index (χ1v) is 4.45. The summed E-state index contributed by atoms with van der Waals surface area (Å²) in [6.07, 6.45) is -6.91. The van der Waals surface area contributed by atoms with Crippen LogP contribution in [0.5, 0.6) is 0 Å². The monoisotopic (exact) mass is 222 g/mol. The van der Waals surface area contributed by atoms with Crippen molar-refractivity contribution in [2.45, 2.75) is 37.6 Å². The van der Waals surface area contributed by atoms with Gasteiger partial charge in [-0.1, -0.05) is 0 Å². The van der Waals surface area contributed by atoms with Crippen LogP contribution < -0.4 is 0 Å². The molecule has 0 aromatic heterocycles. The van der Waals surface area contributed by atoms with E-state index in [1.54, 1.807) is 0 Å². The molecule has 1 saturated heterocycles. The molecule has 1 aliphatic heterocycles. The van der Waals surface area contributed by atoms with Crippen molar-refractivity contribution in [1.29, 1.82) is 0 Å². The molecule has 4 N–H and O–H groups in total. The third-order valence-electron chi connectivity index (χ3n) is 2.14. The Morgan fingerprint density at radius 1 is 1.33 bits per heavy atom. The Bertz CT molecular complexity index is 231. The summed E-state index contributed by atoms with van der Waals surface area (Å²) in [5.74, 6) is -0.705. The highest BCUT2D eigenvalue weighted by molar-refractivity contribution is 5.66. The SMILES string of the molecule is CC(=O)O[C@@H]1[C@@H](O)[C@H](O)O[C@H](CO)[C@H]1O. The quantitative estimate of drug-likeness (QED) is 0.377. The number of carbonyl (C=O) groups excluding carboxylic acids is 1. The molecule has 0 aromatic carbocycles. The van der Waals surface area contributed by atoms with Gasteiger partial charge in [0.2, 0.25) is 0 Å². The number of hydrogen-bond acceptors (Lipinski definition) is 7. The van der Waals surface area contributed by atoms with Crippen molar-refractivity contribution >= 4 is 5.97 Å². The van der Waals surface area contributed by atoms with E-state index < -0.39 is 43.3 Å². The molecular formula is C8H14O7. The zero-order valence-corrected chi connectivity index (χ0v) is 8.11. The summed E-state index contributed by atoms with van der Waals surface area (Å²) in [5.41, 5.74) is 0. The lowest BCUT2D eigenvalue weighted by atomic mass is 9.99. The molecule has 1 fully saturated rings. The average molecular weight is 222 g/mol. The van der Waals surface area contributed by atoms with Gasteiger partial charge < -0.3 is 29.9 Å². The molecule has 0 aromatic rings. The van der Waals surface area contributed by atoms with Gasteiger partial charge in [0.1, 0.15) is 18.3 Å². The molecule has 0 spiro atoms. The number of aliphatic hydroxyl groups excluding tert-OH is 4. The maximum atomic E-state index is 10.7. The molecule has 7 nitrogen and oxygen atoms in total. The zero-order chi connectivity index (χ0) is 11.6. The van der Waals surface area contributed by atoms with Gasteiger partial charge in [0.05, 0.1) is 6.61 Å². The van der Waals surface area contributed by atoms with Crippen molar-refractivity contribution in [2.75, 3.05) is 6.61 Å². The summed E-state index contributed by atoms with van der Waals surface area (Å²) < 4.78 is 9.31. The highest BCUT2D eigenvalue weighted by atomic mass is 16.7. The van der Waals surface area contributed by atoms with Crippen molar-refractivity contribution in [3.05, 3.63) is 0 Å². The first-order valence-electron chi connectivity index (χ1n) is 4.45. The number of rotatable bonds is 2. The van der Waals surface area contributed by atoms with Crippen molar-refractivity contribution in [3.8, 4) is 0 Å². The second kappa shape index (κ2) is 4.86. The largest absolute Gasteiger partial charge is 0.457 e. The molecule has 15 heavy (non-hydrogen) atoms. The number of esters is 1. The fraction of sp³-hybridized carbons (Fsp3) is 0.875. The minimum atomic E-state index is -1.60. The summed E-state index contributed by atoms with van der Waals surface area (Å²) in [5, 5.41) is 36.9. The molecule has 5 atom stereocenters. The summed E-state index contributed by atoms with van der Waals surface area (Å²) in [6.45, 7) is 0.554. The Morgan fingerprint density at radius 3 is 2.40 bits per heavy atom. The van der Waals surface area contributed by atoms with Crippen LogP contribution in [-0.2, 0) is 14.3 Å². The Morgan fingerprint density at radius 2 is 1.93 bits per heavy atom. The average Bonchev–Trinajstić information content (AvgIpc) is 2.18. The molecule has 88 valence electrons. The molecule has 0 amide bonds. The maximum absolute atomic E-state index is 10.7. The van der Waals surface area contributed by atoms with Crippen molar-refractivity contribution < 1.29 is 34.7 Å². The molecule has 1 rings (SSSR count). The van der Waals surface area contributed by atoms with E-state index in [4.69, 9.17) is 5.11 Å². The number of ether oxygens (including phenoxy) is 2. The Kier molecular flexibility index (Phi) is 4.00. The van der Waals surface area contributed by atoms with Gasteiger partial charge in [0, 0.05) is 6.92 Å². The standard InChI is InChI=1S/C8H14O7/c1-3(10)14-7-5(11)4(2-9)15-8(13)6(7)12/h4-9,11-13H,2H2,1H3/t4-,5-,6-,7+,8-/m1/s1. The third-order valence-corrected chi connectivity index (χ3v) is 2.14. The minimum absolute atomic E-state index is 0.553. The smallest absolute Gasteiger partial charge is 0.303 e. The van der Waals surface area contributed by atoms with Gasteiger partial charge >= 0.3 is 5.97 Å². The molecule has 0 unspecified atom stereocenters. The molecule has 1 heterocycles. The second-order valence-corrected chi connectivity index (χ2v) is 3.30. The molecule has 0 aliphatic carbocycles. The second-order valence-electron chi connectivity index (χ2n) is 3.30. The highest BCUT2D eigenvalue weighted by Gasteiger charge is 2.45. The van der Waals surface area contributed by atoms with Crippen LogP contribution in [0.3, 0.4) is 0 Å². The van der Waals surface area contributed by atoms with E-state index in [0.29, 0.717) is 0 Å². The number of aliphatic hydroxyl groups is 4. The minimum Gasteiger partial charge on any atom is -0.457 e. The van der Waals surface area contributed by atoms with E-state index in [-0.39, 0.29) is 0 Å². The number of carbonyl (C=O) groups is 1. The van der Waals surface area contributed by atoms with Gasteiger partial charge in [-0.05, 0) is 0 Å². The Labute approximate surface area is 85.9 Å². The van der Waals surface area contributed by atoms with Crippen LogP contribution in [0.1, 0.15) is 6.92 Å². The van der Waals surface area contributed by atoms with Crippen molar-refractivity contribution in [2.24, 2.45) is 0 Å². The lowest BCUT2D eigenvalue weighted by Crippen LogP contribution is -2.59. The van der Waals surface area contributed by atoms with Crippen LogP contribution in [0.15, 0.2) is 0 Å². The van der Waals surface area contributed by atoms with Crippen molar-refractivity contribution in [1.82, 2.24) is 0 Å². The molecule has 0 bridgehead atoms. The van der Waals surface area contributed by atoms with E-state index >= 15 is 0 Å². The van der Waals surface area contributed by atoms with Crippen LogP contribution in [-0.4, -0.2) is 63.7 Å². The van der Waals surface area contributed by atoms with Crippen LogP contribution in [0.4, 0.5) is 0 Å². The topological polar surface area (TPSA) is 116 Å². The van der Waals surface area contributed by atoms with Gasteiger partial charge in [-0.2, -0.15) is 0 Å². The lowest BCUT2D eigenvalue weighted by Gasteiger charge is -2.39. The molecule has 7 heteroatoms. The molecular weight excluding hydrogens is 208 g/mol. The molecule has 0 saturated carbocycles. The predicted octanol–water partition coefficient (Wildman–Crippen LogP) is -2.65. The van der Waals surface area contributed by atoms with Gasteiger partial charge in [0.15, 0.2) is 12.4 Å². The van der Waals surface area contributed by atoms with Crippen LogP contribution in [0.25, 0.3) is 0 Å². The normalized spacial score (nSPS) is 41.3. The summed E-state index contributed by atoms with van der Waals surface area (Å²) in [6, 6.07) is 0. The van der Waals surface area contributed by atoms with Gasteiger partial charge in [-0.25, -0.2) is 0 Å². The van der Waals surface area contributed by atoms with E-state index in [2.05, 4.69) is 9.47 Å². The Hall–Kier alpha value is -0.730. The first kappa shape index (κ1) is 12.3.